The Morgan fingerprint density at radius 1 is 1.17 bits per heavy atom. The van der Waals surface area contributed by atoms with Gasteiger partial charge in [0.25, 0.3) is 0 Å². The van der Waals surface area contributed by atoms with Crippen molar-refractivity contribution < 1.29 is 17.9 Å². The van der Waals surface area contributed by atoms with Gasteiger partial charge in [0.2, 0.25) is 15.9 Å². The first kappa shape index (κ1) is 21.6. The van der Waals surface area contributed by atoms with Crippen LogP contribution in [-0.4, -0.2) is 38.3 Å². The SMILES string of the molecule is CCOc1ccc(NC(=O)C2CCCN(S(=O)(=O)Cc3ccc(Cl)cc3)C2)cc1. The highest BCUT2D eigenvalue weighted by molar-refractivity contribution is 7.88. The molecule has 156 valence electrons. The van der Waals surface area contributed by atoms with Crippen molar-refractivity contribution in [2.24, 2.45) is 5.92 Å². The first-order valence-electron chi connectivity index (χ1n) is 9.63. The molecule has 1 fully saturated rings. The molecule has 0 aromatic heterocycles. The van der Waals surface area contributed by atoms with E-state index in [1.165, 1.54) is 4.31 Å². The van der Waals surface area contributed by atoms with Crippen LogP contribution in [0.4, 0.5) is 5.69 Å². The van der Waals surface area contributed by atoms with E-state index in [1.54, 1.807) is 48.5 Å². The zero-order valence-corrected chi connectivity index (χ0v) is 17.9. The number of anilines is 1. The molecule has 1 heterocycles. The van der Waals surface area contributed by atoms with Crippen LogP contribution in [0.1, 0.15) is 25.3 Å². The summed E-state index contributed by atoms with van der Waals surface area (Å²) in [6.07, 6.45) is 1.32. The summed E-state index contributed by atoms with van der Waals surface area (Å²) in [6, 6.07) is 13.9. The molecule has 1 atom stereocenters. The fraction of sp³-hybridized carbons (Fsp3) is 0.381. The molecule has 1 aliphatic heterocycles. The molecule has 6 nitrogen and oxygen atoms in total. The number of rotatable bonds is 7. The van der Waals surface area contributed by atoms with Crippen molar-refractivity contribution >= 4 is 33.2 Å². The van der Waals surface area contributed by atoms with Crippen LogP contribution in [0.25, 0.3) is 0 Å². The number of carbonyl (C=O) groups excluding carboxylic acids is 1. The maximum Gasteiger partial charge on any atom is 0.228 e. The first-order chi connectivity index (χ1) is 13.9. The molecule has 8 heteroatoms. The predicted molar refractivity (Wildman–Crippen MR) is 115 cm³/mol. The zero-order valence-electron chi connectivity index (χ0n) is 16.3. The highest BCUT2D eigenvalue weighted by Crippen LogP contribution is 2.24. The van der Waals surface area contributed by atoms with Crippen LogP contribution in [0.5, 0.6) is 5.75 Å². The molecule has 2 aromatic rings. The van der Waals surface area contributed by atoms with E-state index in [9.17, 15) is 13.2 Å². The van der Waals surface area contributed by atoms with Crippen molar-refractivity contribution in [3.05, 3.63) is 59.1 Å². The van der Waals surface area contributed by atoms with Gasteiger partial charge in [0.15, 0.2) is 0 Å². The molecule has 2 aromatic carbocycles. The number of halogens is 1. The molecule has 3 rings (SSSR count). The lowest BCUT2D eigenvalue weighted by atomic mass is 9.99. The van der Waals surface area contributed by atoms with E-state index in [-0.39, 0.29) is 24.1 Å². The van der Waals surface area contributed by atoms with Crippen LogP contribution in [0.15, 0.2) is 48.5 Å². The summed E-state index contributed by atoms with van der Waals surface area (Å²) in [5.41, 5.74) is 1.34. The van der Waals surface area contributed by atoms with Gasteiger partial charge in [0.05, 0.1) is 18.3 Å². The quantitative estimate of drug-likeness (QED) is 0.713. The number of hydrogen-bond acceptors (Lipinski definition) is 4. The van der Waals surface area contributed by atoms with Gasteiger partial charge in [-0.1, -0.05) is 23.7 Å². The second kappa shape index (κ2) is 9.61. The van der Waals surface area contributed by atoms with E-state index in [0.717, 1.165) is 5.75 Å². The van der Waals surface area contributed by atoms with Crippen LogP contribution in [0.2, 0.25) is 5.02 Å². The average Bonchev–Trinajstić information content (AvgIpc) is 2.71. The number of sulfonamides is 1. The Hall–Kier alpha value is -2.09. The standard InChI is InChI=1S/C21H25ClN2O4S/c1-2-28-20-11-9-19(10-12-20)23-21(25)17-4-3-13-24(14-17)29(26,27)15-16-5-7-18(22)8-6-16/h5-12,17H,2-4,13-15H2,1H3,(H,23,25). The van der Waals surface area contributed by atoms with Crippen LogP contribution in [-0.2, 0) is 20.6 Å². The van der Waals surface area contributed by atoms with Crippen LogP contribution < -0.4 is 10.1 Å². The lowest BCUT2D eigenvalue weighted by molar-refractivity contribution is -0.120. The monoisotopic (exact) mass is 436 g/mol. The van der Waals surface area contributed by atoms with E-state index >= 15 is 0 Å². The van der Waals surface area contributed by atoms with Gasteiger partial charge in [-0.25, -0.2) is 12.7 Å². The summed E-state index contributed by atoms with van der Waals surface area (Å²) in [4.78, 5) is 12.7. The van der Waals surface area contributed by atoms with Crippen molar-refractivity contribution in [1.82, 2.24) is 4.31 Å². The smallest absolute Gasteiger partial charge is 0.228 e. The van der Waals surface area contributed by atoms with E-state index in [0.29, 0.717) is 42.3 Å². The molecule has 0 saturated carbocycles. The normalized spacial score (nSPS) is 17.7. The van der Waals surface area contributed by atoms with Gasteiger partial charge in [-0.3, -0.25) is 4.79 Å². The minimum Gasteiger partial charge on any atom is -0.494 e. The molecule has 1 aliphatic rings. The van der Waals surface area contributed by atoms with Crippen molar-refractivity contribution in [1.29, 1.82) is 0 Å². The Morgan fingerprint density at radius 2 is 1.86 bits per heavy atom. The minimum absolute atomic E-state index is 0.0998. The zero-order chi connectivity index (χ0) is 20.9. The Bertz CT molecular complexity index is 930. The van der Waals surface area contributed by atoms with Crippen LogP contribution in [0.3, 0.4) is 0 Å². The third-order valence-corrected chi connectivity index (χ3v) is 6.91. The fourth-order valence-corrected chi connectivity index (χ4v) is 5.07. The van der Waals surface area contributed by atoms with E-state index < -0.39 is 10.0 Å². The molecule has 1 N–H and O–H groups in total. The predicted octanol–water partition coefficient (Wildman–Crippen LogP) is 3.92. The molecular weight excluding hydrogens is 412 g/mol. The van der Waals surface area contributed by atoms with Crippen molar-refractivity contribution in [2.45, 2.75) is 25.5 Å². The second-order valence-corrected chi connectivity index (χ2v) is 9.43. The summed E-state index contributed by atoms with van der Waals surface area (Å²) in [6.45, 7) is 3.11. The van der Waals surface area contributed by atoms with Gasteiger partial charge in [0, 0.05) is 23.8 Å². The molecule has 0 aliphatic carbocycles. The maximum absolute atomic E-state index is 12.8. The molecule has 1 amide bonds. The number of hydrogen-bond donors (Lipinski definition) is 1. The summed E-state index contributed by atoms with van der Waals surface area (Å²) < 4.78 is 32.4. The topological polar surface area (TPSA) is 75.7 Å². The van der Waals surface area contributed by atoms with Crippen molar-refractivity contribution in [2.75, 3.05) is 25.0 Å². The summed E-state index contributed by atoms with van der Waals surface area (Å²) in [5, 5.41) is 3.44. The summed E-state index contributed by atoms with van der Waals surface area (Å²) in [7, 11) is -3.51. The molecule has 29 heavy (non-hydrogen) atoms. The van der Waals surface area contributed by atoms with Gasteiger partial charge in [-0.2, -0.15) is 0 Å². The second-order valence-electron chi connectivity index (χ2n) is 7.03. The highest BCUT2D eigenvalue weighted by Gasteiger charge is 2.32. The maximum atomic E-state index is 12.8. The number of ether oxygens (including phenoxy) is 1. The molecular formula is C21H25ClN2O4S. The lowest BCUT2D eigenvalue weighted by Crippen LogP contribution is -2.44. The van der Waals surface area contributed by atoms with E-state index in [1.807, 2.05) is 6.92 Å². The number of nitrogens with zero attached hydrogens (tertiary/aromatic N) is 1. The van der Waals surface area contributed by atoms with Gasteiger partial charge >= 0.3 is 0 Å². The Balaban J connectivity index is 1.61. The summed E-state index contributed by atoms with van der Waals surface area (Å²) in [5.74, 6) is 0.0933. The largest absolute Gasteiger partial charge is 0.494 e. The Kier molecular flexibility index (Phi) is 7.16. The number of piperidine rings is 1. The molecule has 1 unspecified atom stereocenters. The van der Waals surface area contributed by atoms with E-state index in [2.05, 4.69) is 5.32 Å². The Labute approximate surface area is 176 Å². The number of amides is 1. The van der Waals surface area contributed by atoms with Crippen LogP contribution >= 0.6 is 11.6 Å². The van der Waals surface area contributed by atoms with Crippen LogP contribution in [0, 0.1) is 5.92 Å². The number of nitrogens with one attached hydrogen (secondary N) is 1. The highest BCUT2D eigenvalue weighted by atomic mass is 35.5. The van der Waals surface area contributed by atoms with Crippen molar-refractivity contribution in [3.63, 3.8) is 0 Å². The fourth-order valence-electron chi connectivity index (χ4n) is 3.34. The molecule has 0 spiro atoms. The van der Waals surface area contributed by atoms with Gasteiger partial charge in [-0.05, 0) is 61.7 Å². The molecule has 0 radical (unpaired) electrons. The number of carbonyl (C=O) groups is 1. The van der Waals surface area contributed by atoms with Gasteiger partial charge in [-0.15, -0.1) is 0 Å². The summed E-state index contributed by atoms with van der Waals surface area (Å²) >= 11 is 5.87. The minimum atomic E-state index is -3.51. The first-order valence-corrected chi connectivity index (χ1v) is 11.6. The lowest BCUT2D eigenvalue weighted by Gasteiger charge is -2.31. The molecule has 0 bridgehead atoms. The van der Waals surface area contributed by atoms with E-state index in [4.69, 9.17) is 16.3 Å². The Morgan fingerprint density at radius 3 is 2.52 bits per heavy atom. The molecule has 1 saturated heterocycles. The third-order valence-electron chi connectivity index (χ3n) is 4.84. The van der Waals surface area contributed by atoms with Gasteiger partial charge in [0.1, 0.15) is 5.75 Å². The van der Waals surface area contributed by atoms with Crippen molar-refractivity contribution in [3.8, 4) is 5.75 Å². The number of benzene rings is 2. The van der Waals surface area contributed by atoms with Gasteiger partial charge < -0.3 is 10.1 Å². The third kappa shape index (κ3) is 5.95. The average molecular weight is 437 g/mol.